The number of hydrogen-bond donors (Lipinski definition) is 1. The number of thiophene rings is 1. The van der Waals surface area contributed by atoms with Gasteiger partial charge in [-0.25, -0.2) is 0 Å². The molecule has 0 aliphatic heterocycles. The first-order valence-corrected chi connectivity index (χ1v) is 4.89. The Balaban J connectivity index is 2.14. The molecule has 2 nitrogen and oxygen atoms in total. The van der Waals surface area contributed by atoms with Gasteiger partial charge in [-0.05, 0) is 23.9 Å². The molecule has 1 rings (SSSR count). The molecule has 12 heavy (non-hydrogen) atoms. The minimum absolute atomic E-state index is 0.745. The Kier molecular flexibility index (Phi) is 4.49. The van der Waals surface area contributed by atoms with E-state index < -0.39 is 0 Å². The van der Waals surface area contributed by atoms with Crippen LogP contribution in [0.1, 0.15) is 18.2 Å². The molecule has 0 saturated heterocycles. The van der Waals surface area contributed by atoms with Crippen molar-refractivity contribution in [2.45, 2.75) is 13.3 Å². The summed E-state index contributed by atoms with van der Waals surface area (Å²) < 4.78 is 0. The molecule has 0 unspecified atom stereocenters. The summed E-state index contributed by atoms with van der Waals surface area (Å²) in [6.45, 7) is 2.82. The normalized spacial score (nSPS) is 10.8. The minimum Gasteiger partial charge on any atom is -0.277 e. The zero-order chi connectivity index (χ0) is 8.65. The van der Waals surface area contributed by atoms with Crippen LogP contribution in [0.4, 0.5) is 0 Å². The fraction of sp³-hybridized carbons (Fsp3) is 0.333. The first-order valence-electron chi connectivity index (χ1n) is 4.01. The third-order valence-electron chi connectivity index (χ3n) is 1.25. The summed E-state index contributed by atoms with van der Waals surface area (Å²) in [4.78, 5) is 6.27. The first-order chi connectivity index (χ1) is 5.93. The summed E-state index contributed by atoms with van der Waals surface area (Å²) in [7, 11) is 0. The number of nitrogens with one attached hydrogen (secondary N) is 1. The Morgan fingerprint density at radius 1 is 1.67 bits per heavy atom. The summed E-state index contributed by atoms with van der Waals surface area (Å²) in [6, 6.07) is 4.08. The van der Waals surface area contributed by atoms with Crippen molar-refractivity contribution in [3.63, 3.8) is 0 Å². The first kappa shape index (κ1) is 9.29. The molecule has 0 bridgehead atoms. The van der Waals surface area contributed by atoms with Crippen molar-refractivity contribution in [1.29, 1.82) is 0 Å². The summed E-state index contributed by atoms with van der Waals surface area (Å²) >= 11 is 1.70. The number of hydrogen-bond acceptors (Lipinski definition) is 3. The number of rotatable bonds is 5. The minimum atomic E-state index is 0.745. The molecule has 0 atom stereocenters. The Bertz CT molecular complexity index is 218. The Labute approximate surface area is 76.8 Å². The van der Waals surface area contributed by atoms with Gasteiger partial charge >= 0.3 is 0 Å². The maximum Gasteiger partial charge on any atom is 0.0743 e. The molecule has 1 heterocycles. The Hall–Kier alpha value is -0.800. The van der Waals surface area contributed by atoms with Gasteiger partial charge < -0.3 is 0 Å². The second-order valence-electron chi connectivity index (χ2n) is 2.32. The van der Waals surface area contributed by atoms with E-state index in [2.05, 4.69) is 18.5 Å². The van der Waals surface area contributed by atoms with Crippen LogP contribution >= 0.6 is 11.3 Å². The maximum absolute atomic E-state index is 5.05. The van der Waals surface area contributed by atoms with Crippen LogP contribution in [0.25, 0.3) is 6.08 Å². The summed E-state index contributed by atoms with van der Waals surface area (Å²) in [6.07, 6.45) is 4.82. The van der Waals surface area contributed by atoms with E-state index in [-0.39, 0.29) is 0 Å². The predicted molar refractivity (Wildman–Crippen MR) is 52.7 cm³/mol. The van der Waals surface area contributed by atoms with Crippen LogP contribution in [0.3, 0.4) is 0 Å². The van der Waals surface area contributed by atoms with Crippen molar-refractivity contribution in [3.8, 4) is 0 Å². The van der Waals surface area contributed by atoms with E-state index in [1.807, 2.05) is 23.7 Å². The molecule has 0 radical (unpaired) electrons. The van der Waals surface area contributed by atoms with E-state index in [0.717, 1.165) is 13.0 Å². The van der Waals surface area contributed by atoms with Gasteiger partial charge in [0.15, 0.2) is 0 Å². The van der Waals surface area contributed by atoms with Crippen LogP contribution in [0.15, 0.2) is 23.7 Å². The quantitative estimate of drug-likeness (QED) is 0.559. The molecule has 0 aromatic carbocycles. The molecular weight excluding hydrogens is 170 g/mol. The van der Waals surface area contributed by atoms with Crippen LogP contribution in [0, 0.1) is 0 Å². The van der Waals surface area contributed by atoms with Crippen molar-refractivity contribution in [3.05, 3.63) is 28.6 Å². The van der Waals surface area contributed by atoms with E-state index in [0.29, 0.717) is 0 Å². The predicted octanol–water partition coefficient (Wildman–Crippen LogP) is 2.65. The topological polar surface area (TPSA) is 21.3 Å². The van der Waals surface area contributed by atoms with Gasteiger partial charge in [0.2, 0.25) is 0 Å². The smallest absolute Gasteiger partial charge is 0.0743 e. The van der Waals surface area contributed by atoms with E-state index >= 15 is 0 Å². The van der Waals surface area contributed by atoms with E-state index in [4.69, 9.17) is 4.84 Å². The fourth-order valence-corrected chi connectivity index (χ4v) is 1.33. The summed E-state index contributed by atoms with van der Waals surface area (Å²) in [5.74, 6) is 0. The molecule has 0 saturated carbocycles. The van der Waals surface area contributed by atoms with Crippen LogP contribution in [0.5, 0.6) is 0 Å². The molecule has 1 N–H and O–H groups in total. The molecule has 1 aromatic rings. The summed E-state index contributed by atoms with van der Waals surface area (Å²) in [5, 5.41) is 2.05. The van der Waals surface area contributed by atoms with Crippen molar-refractivity contribution < 1.29 is 4.84 Å². The van der Waals surface area contributed by atoms with Gasteiger partial charge in [-0.2, -0.15) is 0 Å². The lowest BCUT2D eigenvalue weighted by Gasteiger charge is -1.97. The lowest BCUT2D eigenvalue weighted by atomic mass is 10.5. The Morgan fingerprint density at radius 3 is 3.25 bits per heavy atom. The molecule has 0 aliphatic carbocycles. The monoisotopic (exact) mass is 183 g/mol. The van der Waals surface area contributed by atoms with Gasteiger partial charge in [0.25, 0.3) is 0 Å². The van der Waals surface area contributed by atoms with Crippen LogP contribution in [-0.4, -0.2) is 6.61 Å². The molecule has 0 aliphatic rings. The molecule has 1 aromatic heterocycles. The standard InChI is InChI=1S/C9H13NOS/c1-2-7-11-10-6-5-9-4-3-8-12-9/h3-6,8,10H,2,7H2,1H3. The van der Waals surface area contributed by atoms with Gasteiger partial charge in [0.05, 0.1) is 6.61 Å². The second-order valence-corrected chi connectivity index (χ2v) is 3.29. The van der Waals surface area contributed by atoms with Crippen LogP contribution in [-0.2, 0) is 4.84 Å². The third-order valence-corrected chi connectivity index (χ3v) is 2.09. The van der Waals surface area contributed by atoms with E-state index in [1.165, 1.54) is 4.88 Å². The van der Waals surface area contributed by atoms with Gasteiger partial charge in [-0.15, -0.1) is 11.3 Å². The van der Waals surface area contributed by atoms with Crippen molar-refractivity contribution in [2.75, 3.05) is 6.61 Å². The van der Waals surface area contributed by atoms with Crippen molar-refractivity contribution in [1.82, 2.24) is 5.48 Å². The molecule has 0 spiro atoms. The lowest BCUT2D eigenvalue weighted by Crippen LogP contribution is -2.06. The number of hydroxylamine groups is 1. The fourth-order valence-electron chi connectivity index (χ4n) is 0.711. The molecule has 0 amide bonds. The highest BCUT2D eigenvalue weighted by Crippen LogP contribution is 2.09. The molecule has 66 valence electrons. The van der Waals surface area contributed by atoms with E-state index in [1.54, 1.807) is 11.3 Å². The highest BCUT2D eigenvalue weighted by molar-refractivity contribution is 7.10. The highest BCUT2D eigenvalue weighted by atomic mass is 32.1. The highest BCUT2D eigenvalue weighted by Gasteiger charge is 1.83. The van der Waals surface area contributed by atoms with Crippen molar-refractivity contribution >= 4 is 17.4 Å². The zero-order valence-electron chi connectivity index (χ0n) is 7.12. The van der Waals surface area contributed by atoms with Gasteiger partial charge in [-0.1, -0.05) is 13.0 Å². The zero-order valence-corrected chi connectivity index (χ0v) is 7.93. The van der Waals surface area contributed by atoms with Gasteiger partial charge in [0, 0.05) is 11.1 Å². The van der Waals surface area contributed by atoms with E-state index in [9.17, 15) is 0 Å². The molecule has 3 heteroatoms. The van der Waals surface area contributed by atoms with Crippen molar-refractivity contribution in [2.24, 2.45) is 0 Å². The van der Waals surface area contributed by atoms with Gasteiger partial charge in [-0.3, -0.25) is 10.3 Å². The average molecular weight is 183 g/mol. The Morgan fingerprint density at radius 2 is 2.58 bits per heavy atom. The molecular formula is C9H13NOS. The average Bonchev–Trinajstić information content (AvgIpc) is 2.57. The largest absolute Gasteiger partial charge is 0.277 e. The molecule has 0 fully saturated rings. The third kappa shape index (κ3) is 3.55. The van der Waals surface area contributed by atoms with Crippen LogP contribution < -0.4 is 5.48 Å². The SMILES string of the molecule is CCCONC=Cc1cccs1. The second kappa shape index (κ2) is 5.80. The maximum atomic E-state index is 5.05. The summed E-state index contributed by atoms with van der Waals surface area (Å²) in [5.41, 5.74) is 2.75. The lowest BCUT2D eigenvalue weighted by molar-refractivity contribution is 0.0724. The van der Waals surface area contributed by atoms with Crippen LogP contribution in [0.2, 0.25) is 0 Å². The van der Waals surface area contributed by atoms with Gasteiger partial charge in [0.1, 0.15) is 0 Å².